The molecule has 0 saturated heterocycles. The van der Waals surface area contributed by atoms with Crippen LogP contribution in [0.4, 0.5) is 8.78 Å². The van der Waals surface area contributed by atoms with Crippen LogP contribution in [0.15, 0.2) is 18.2 Å². The Labute approximate surface area is 80.2 Å². The molecule has 0 unspecified atom stereocenters. The number of alkyl halides is 2. The molecule has 0 heterocycles. The first-order chi connectivity index (χ1) is 6.49. The molecule has 4 heteroatoms. The molecule has 2 nitrogen and oxygen atoms in total. The Bertz CT molecular complexity index is 348. The van der Waals surface area contributed by atoms with Gasteiger partial charge < -0.3 is 5.11 Å². The number of hydrogen-bond donors (Lipinski definition) is 1. The van der Waals surface area contributed by atoms with Crippen molar-refractivity contribution in [2.45, 2.75) is 19.8 Å². The Morgan fingerprint density at radius 2 is 2.07 bits per heavy atom. The first kappa shape index (κ1) is 10.6. The lowest BCUT2D eigenvalue weighted by Crippen LogP contribution is -2.01. The average molecular weight is 200 g/mol. The SMILES string of the molecule is Cc1cc(CC(=O)O)cc(C(F)F)c1. The summed E-state index contributed by atoms with van der Waals surface area (Å²) < 4.78 is 24.6. The first-order valence-electron chi connectivity index (χ1n) is 4.09. The fourth-order valence-electron chi connectivity index (χ4n) is 1.30. The van der Waals surface area contributed by atoms with Gasteiger partial charge in [-0.15, -0.1) is 0 Å². The van der Waals surface area contributed by atoms with E-state index in [1.165, 1.54) is 12.1 Å². The van der Waals surface area contributed by atoms with Crippen LogP contribution >= 0.6 is 0 Å². The van der Waals surface area contributed by atoms with Crippen LogP contribution in [0.5, 0.6) is 0 Å². The van der Waals surface area contributed by atoms with E-state index >= 15 is 0 Å². The molecule has 0 fully saturated rings. The van der Waals surface area contributed by atoms with Crippen molar-refractivity contribution in [1.29, 1.82) is 0 Å². The summed E-state index contributed by atoms with van der Waals surface area (Å²) in [5, 5.41) is 8.50. The second kappa shape index (κ2) is 4.17. The number of carbonyl (C=O) groups is 1. The van der Waals surface area contributed by atoms with Crippen molar-refractivity contribution in [2.75, 3.05) is 0 Å². The Morgan fingerprint density at radius 3 is 2.57 bits per heavy atom. The molecule has 1 aromatic carbocycles. The first-order valence-corrected chi connectivity index (χ1v) is 4.09. The van der Waals surface area contributed by atoms with E-state index < -0.39 is 12.4 Å². The molecule has 1 rings (SSSR count). The minimum Gasteiger partial charge on any atom is -0.481 e. The molecule has 1 N–H and O–H groups in total. The van der Waals surface area contributed by atoms with E-state index in [1.807, 2.05) is 0 Å². The van der Waals surface area contributed by atoms with Crippen LogP contribution in [0.25, 0.3) is 0 Å². The molecule has 0 amide bonds. The molecule has 0 radical (unpaired) electrons. The highest BCUT2D eigenvalue weighted by molar-refractivity contribution is 5.70. The van der Waals surface area contributed by atoms with Gasteiger partial charge in [0.25, 0.3) is 6.43 Å². The van der Waals surface area contributed by atoms with Gasteiger partial charge in [0.2, 0.25) is 0 Å². The number of carboxylic acids is 1. The van der Waals surface area contributed by atoms with Crippen LogP contribution in [0.3, 0.4) is 0 Å². The Balaban J connectivity index is 3.01. The number of rotatable bonds is 3. The van der Waals surface area contributed by atoms with Crippen LogP contribution in [-0.4, -0.2) is 11.1 Å². The topological polar surface area (TPSA) is 37.3 Å². The van der Waals surface area contributed by atoms with E-state index in [0.29, 0.717) is 11.1 Å². The van der Waals surface area contributed by atoms with Crippen molar-refractivity contribution in [1.82, 2.24) is 0 Å². The minimum absolute atomic E-state index is 0.124. The Hall–Kier alpha value is -1.45. The number of aliphatic carboxylic acids is 1. The molecule has 0 bridgehead atoms. The summed E-state index contributed by atoms with van der Waals surface area (Å²) in [5.41, 5.74) is 0.938. The maximum Gasteiger partial charge on any atom is 0.307 e. The highest BCUT2D eigenvalue weighted by atomic mass is 19.3. The molecule has 0 aliphatic heterocycles. The average Bonchev–Trinajstić information content (AvgIpc) is 2.01. The number of halogens is 2. The molecule has 0 spiro atoms. The van der Waals surface area contributed by atoms with Crippen LogP contribution < -0.4 is 0 Å². The molecule has 0 saturated carbocycles. The third kappa shape index (κ3) is 2.80. The van der Waals surface area contributed by atoms with Gasteiger partial charge in [-0.05, 0) is 18.6 Å². The van der Waals surface area contributed by atoms with Gasteiger partial charge in [-0.2, -0.15) is 0 Å². The number of carboxylic acid groups (broad SMARTS) is 1. The fraction of sp³-hybridized carbons (Fsp3) is 0.300. The number of benzene rings is 1. The van der Waals surface area contributed by atoms with Gasteiger partial charge in [0.1, 0.15) is 0 Å². The highest BCUT2D eigenvalue weighted by Gasteiger charge is 2.09. The minimum atomic E-state index is -2.55. The van der Waals surface area contributed by atoms with E-state index in [0.717, 1.165) is 0 Å². The largest absolute Gasteiger partial charge is 0.481 e. The van der Waals surface area contributed by atoms with E-state index in [2.05, 4.69) is 0 Å². The lowest BCUT2D eigenvalue weighted by molar-refractivity contribution is -0.136. The summed E-state index contributed by atoms with van der Waals surface area (Å²) in [4.78, 5) is 10.4. The number of aryl methyl sites for hydroxylation is 1. The summed E-state index contributed by atoms with van der Waals surface area (Å²) in [7, 11) is 0. The molecule has 0 atom stereocenters. The van der Waals surface area contributed by atoms with Crippen molar-refractivity contribution in [3.05, 3.63) is 34.9 Å². The lowest BCUT2D eigenvalue weighted by Gasteiger charge is -2.04. The van der Waals surface area contributed by atoms with Crippen LogP contribution in [0.1, 0.15) is 23.1 Å². The van der Waals surface area contributed by atoms with Gasteiger partial charge >= 0.3 is 5.97 Å². The predicted octanol–water partition coefficient (Wildman–Crippen LogP) is 2.56. The molecule has 0 aromatic heterocycles. The molecule has 0 aliphatic rings. The molecule has 76 valence electrons. The molecule has 1 aromatic rings. The fourth-order valence-corrected chi connectivity index (χ4v) is 1.30. The zero-order valence-electron chi connectivity index (χ0n) is 7.63. The van der Waals surface area contributed by atoms with Gasteiger partial charge in [-0.1, -0.05) is 17.7 Å². The molecule has 14 heavy (non-hydrogen) atoms. The Morgan fingerprint density at radius 1 is 1.43 bits per heavy atom. The van der Waals surface area contributed by atoms with Crippen molar-refractivity contribution >= 4 is 5.97 Å². The quantitative estimate of drug-likeness (QED) is 0.814. The van der Waals surface area contributed by atoms with Gasteiger partial charge in [0, 0.05) is 5.56 Å². The van der Waals surface area contributed by atoms with E-state index in [4.69, 9.17) is 5.11 Å². The van der Waals surface area contributed by atoms with E-state index in [1.54, 1.807) is 13.0 Å². The summed E-state index contributed by atoms with van der Waals surface area (Å²) >= 11 is 0. The van der Waals surface area contributed by atoms with Gasteiger partial charge in [0.05, 0.1) is 6.42 Å². The monoisotopic (exact) mass is 200 g/mol. The zero-order valence-corrected chi connectivity index (χ0v) is 7.63. The van der Waals surface area contributed by atoms with Crippen molar-refractivity contribution in [2.24, 2.45) is 0 Å². The highest BCUT2D eigenvalue weighted by Crippen LogP contribution is 2.21. The normalized spacial score (nSPS) is 10.6. The lowest BCUT2D eigenvalue weighted by atomic mass is 10.0. The van der Waals surface area contributed by atoms with Crippen LogP contribution in [0.2, 0.25) is 0 Å². The van der Waals surface area contributed by atoms with Crippen molar-refractivity contribution in [3.63, 3.8) is 0 Å². The summed E-state index contributed by atoms with van der Waals surface area (Å²) in [5.74, 6) is -1.02. The van der Waals surface area contributed by atoms with Gasteiger partial charge in [0.15, 0.2) is 0 Å². The van der Waals surface area contributed by atoms with Gasteiger partial charge in [-0.3, -0.25) is 4.79 Å². The second-order valence-corrected chi connectivity index (χ2v) is 3.12. The number of hydrogen-bond acceptors (Lipinski definition) is 1. The third-order valence-electron chi connectivity index (χ3n) is 1.77. The van der Waals surface area contributed by atoms with Crippen molar-refractivity contribution < 1.29 is 18.7 Å². The summed E-state index contributed by atoms with van der Waals surface area (Å²) in [6, 6.07) is 4.18. The summed E-state index contributed by atoms with van der Waals surface area (Å²) in [6.45, 7) is 1.66. The zero-order chi connectivity index (χ0) is 10.7. The van der Waals surface area contributed by atoms with Gasteiger partial charge in [-0.25, -0.2) is 8.78 Å². The second-order valence-electron chi connectivity index (χ2n) is 3.12. The predicted molar refractivity (Wildman–Crippen MR) is 47.5 cm³/mol. The third-order valence-corrected chi connectivity index (χ3v) is 1.77. The van der Waals surface area contributed by atoms with Crippen molar-refractivity contribution in [3.8, 4) is 0 Å². The molecular formula is C10H10F2O2. The van der Waals surface area contributed by atoms with Crippen LogP contribution in [0, 0.1) is 6.92 Å². The van der Waals surface area contributed by atoms with E-state index in [9.17, 15) is 13.6 Å². The van der Waals surface area contributed by atoms with Crippen LogP contribution in [-0.2, 0) is 11.2 Å². The molecular weight excluding hydrogens is 190 g/mol. The Kier molecular flexibility index (Phi) is 3.17. The smallest absolute Gasteiger partial charge is 0.307 e. The maximum absolute atomic E-state index is 12.3. The summed E-state index contributed by atoms with van der Waals surface area (Å²) in [6.07, 6.45) is -2.77. The molecule has 0 aliphatic carbocycles. The van der Waals surface area contributed by atoms with E-state index in [-0.39, 0.29) is 12.0 Å². The maximum atomic E-state index is 12.3. The standard InChI is InChI=1S/C10H10F2O2/c1-6-2-7(5-9(13)14)4-8(3-6)10(11)12/h2-4,10H,5H2,1H3,(H,13,14).